The van der Waals surface area contributed by atoms with Gasteiger partial charge in [0, 0.05) is 0 Å². The van der Waals surface area contributed by atoms with Crippen LogP contribution in [0.1, 0.15) is 53.4 Å². The van der Waals surface area contributed by atoms with Crippen molar-refractivity contribution in [1.82, 2.24) is 20.3 Å². The maximum atomic E-state index is 3.69. The fourth-order valence-electron chi connectivity index (χ4n) is 1.62. The van der Waals surface area contributed by atoms with Gasteiger partial charge in [0.2, 0.25) is 0 Å². The molecule has 0 bridgehead atoms. The minimum absolute atomic E-state index is 1.07. The van der Waals surface area contributed by atoms with Crippen LogP contribution in [0.25, 0.3) is 0 Å². The van der Waals surface area contributed by atoms with Crippen molar-refractivity contribution in [2.45, 2.75) is 53.4 Å². The van der Waals surface area contributed by atoms with Crippen LogP contribution in [0.4, 0.5) is 0 Å². The Kier molecular flexibility index (Phi) is 11.5. The number of rotatable bonds is 12. The second-order valence-electron chi connectivity index (χ2n) is 4.46. The fraction of sp³-hybridized carbons (Fsp3) is 1.00. The van der Waals surface area contributed by atoms with Gasteiger partial charge in [0.15, 0.2) is 0 Å². The van der Waals surface area contributed by atoms with Gasteiger partial charge in [-0.1, -0.05) is 0 Å². The van der Waals surface area contributed by atoms with E-state index in [2.05, 4.69) is 48.0 Å². The Bertz CT molecular complexity index is 129. The van der Waals surface area contributed by atoms with Gasteiger partial charge in [-0.25, -0.2) is 0 Å². The van der Waals surface area contributed by atoms with E-state index < -0.39 is 7.87 Å². The molecule has 0 unspecified atom stereocenters. The van der Waals surface area contributed by atoms with Gasteiger partial charge in [0.1, 0.15) is 0 Å². The zero-order valence-corrected chi connectivity index (χ0v) is 13.2. The first kappa shape index (κ1) is 17.3. The summed E-state index contributed by atoms with van der Waals surface area (Å²) in [6.07, 6.45) is 4.68. The summed E-state index contributed by atoms with van der Waals surface area (Å²) in [7, 11) is -1.88. The summed E-state index contributed by atoms with van der Waals surface area (Å²) in [6, 6.07) is 0. The van der Waals surface area contributed by atoms with Gasteiger partial charge in [0.05, 0.1) is 0 Å². The predicted molar refractivity (Wildman–Crippen MR) is 81.5 cm³/mol. The molecule has 0 amide bonds. The Labute approximate surface area is 108 Å². The Hall–Kier alpha value is 0.270. The molecule has 0 saturated carbocycles. The maximum absolute atomic E-state index is 3.69. The monoisotopic (exact) mass is 264 g/mol. The van der Waals surface area contributed by atoms with E-state index in [1.54, 1.807) is 0 Å². The fourth-order valence-corrected chi connectivity index (χ4v) is 4.87. The Morgan fingerprint density at radius 3 is 0.941 bits per heavy atom. The van der Waals surface area contributed by atoms with E-state index in [-0.39, 0.29) is 0 Å². The Morgan fingerprint density at radius 2 is 0.765 bits per heavy atom. The van der Waals surface area contributed by atoms with Crippen molar-refractivity contribution in [3.63, 3.8) is 0 Å². The molecule has 0 rings (SSSR count). The summed E-state index contributed by atoms with van der Waals surface area (Å²) < 4.78 is 0. The second kappa shape index (κ2) is 11.4. The summed E-state index contributed by atoms with van der Waals surface area (Å²) in [4.78, 5) is 0. The molecule has 0 aliphatic carbocycles. The first-order valence-electron chi connectivity index (χ1n) is 7.24. The van der Waals surface area contributed by atoms with E-state index in [4.69, 9.17) is 0 Å². The third-order valence-corrected chi connectivity index (χ3v) is 5.68. The molecule has 0 aliphatic rings. The summed E-state index contributed by atoms with van der Waals surface area (Å²) in [5.74, 6) is 0. The van der Waals surface area contributed by atoms with Gasteiger partial charge in [-0.2, -0.15) is 0 Å². The van der Waals surface area contributed by atoms with Crippen molar-refractivity contribution >= 4 is 7.87 Å². The molecule has 17 heavy (non-hydrogen) atoms. The quantitative estimate of drug-likeness (QED) is 0.409. The van der Waals surface area contributed by atoms with Crippen molar-refractivity contribution < 1.29 is 0 Å². The van der Waals surface area contributed by atoms with E-state index >= 15 is 0 Å². The van der Waals surface area contributed by atoms with E-state index in [0.29, 0.717) is 0 Å². The molecular formula is C12H33N4P. The third-order valence-electron chi connectivity index (χ3n) is 2.56. The van der Waals surface area contributed by atoms with Crippen molar-refractivity contribution in [2.75, 3.05) is 26.2 Å². The molecule has 5 heteroatoms. The number of hydrogen-bond acceptors (Lipinski definition) is 4. The molecule has 0 heterocycles. The zero-order chi connectivity index (χ0) is 13.0. The summed E-state index contributed by atoms with van der Waals surface area (Å²) in [6.45, 7) is 13.1. The molecule has 0 aromatic heterocycles. The minimum atomic E-state index is -1.88. The van der Waals surface area contributed by atoms with E-state index in [1.165, 1.54) is 25.7 Å². The van der Waals surface area contributed by atoms with Crippen LogP contribution in [0.3, 0.4) is 0 Å². The molecule has 0 saturated heterocycles. The molecule has 0 fully saturated rings. The molecule has 0 aromatic carbocycles. The molecule has 0 radical (unpaired) electrons. The number of hydrogen-bond donors (Lipinski definition) is 4. The van der Waals surface area contributed by atoms with Crippen molar-refractivity contribution in [3.05, 3.63) is 0 Å². The number of nitrogens with one attached hydrogen (secondary N) is 4. The van der Waals surface area contributed by atoms with Crippen molar-refractivity contribution in [2.24, 2.45) is 0 Å². The van der Waals surface area contributed by atoms with Crippen LogP contribution in [0.2, 0.25) is 0 Å². The van der Waals surface area contributed by atoms with Crippen LogP contribution in [0.5, 0.6) is 0 Å². The van der Waals surface area contributed by atoms with Crippen LogP contribution in [0.15, 0.2) is 0 Å². The van der Waals surface area contributed by atoms with Gasteiger partial charge in [-0.15, -0.1) is 0 Å². The van der Waals surface area contributed by atoms with Gasteiger partial charge < -0.3 is 0 Å². The first-order valence-corrected chi connectivity index (χ1v) is 9.24. The normalized spacial score (nSPS) is 12.9. The predicted octanol–water partition coefficient (Wildman–Crippen LogP) is 2.39. The van der Waals surface area contributed by atoms with E-state index in [0.717, 1.165) is 26.2 Å². The molecule has 4 N–H and O–H groups in total. The molecule has 0 atom stereocenters. The third kappa shape index (κ3) is 8.06. The SMILES string of the molecule is CCCN[PH](NCCC)(NCCC)NCCC. The van der Waals surface area contributed by atoms with Crippen LogP contribution in [0, 0.1) is 0 Å². The van der Waals surface area contributed by atoms with Gasteiger partial charge >= 0.3 is 108 Å². The van der Waals surface area contributed by atoms with Crippen molar-refractivity contribution in [1.29, 1.82) is 0 Å². The summed E-state index contributed by atoms with van der Waals surface area (Å²) in [5.41, 5.74) is 0. The van der Waals surface area contributed by atoms with Gasteiger partial charge in [-0.3, -0.25) is 0 Å². The van der Waals surface area contributed by atoms with E-state index in [9.17, 15) is 0 Å². The topological polar surface area (TPSA) is 48.1 Å². The molecule has 0 aromatic rings. The first-order chi connectivity index (χ1) is 8.24. The zero-order valence-electron chi connectivity index (χ0n) is 12.2. The van der Waals surface area contributed by atoms with Gasteiger partial charge in [0.25, 0.3) is 0 Å². The molecule has 106 valence electrons. The van der Waals surface area contributed by atoms with Crippen LogP contribution < -0.4 is 20.3 Å². The average Bonchev–Trinajstić information content (AvgIpc) is 2.37. The molecular weight excluding hydrogens is 231 g/mol. The molecule has 0 spiro atoms. The Morgan fingerprint density at radius 1 is 0.529 bits per heavy atom. The molecule has 4 nitrogen and oxygen atoms in total. The molecule has 0 aliphatic heterocycles. The van der Waals surface area contributed by atoms with Crippen LogP contribution in [-0.2, 0) is 0 Å². The van der Waals surface area contributed by atoms with Crippen LogP contribution >= 0.6 is 7.87 Å². The Balaban J connectivity index is 4.39. The van der Waals surface area contributed by atoms with Crippen molar-refractivity contribution in [3.8, 4) is 0 Å². The van der Waals surface area contributed by atoms with Crippen LogP contribution in [-0.4, -0.2) is 26.2 Å². The summed E-state index contributed by atoms with van der Waals surface area (Å²) >= 11 is 0. The van der Waals surface area contributed by atoms with Gasteiger partial charge in [-0.05, 0) is 0 Å². The van der Waals surface area contributed by atoms with E-state index in [1.807, 2.05) is 0 Å². The standard InChI is InChI=1S/C12H33N4P/c1-5-9-13-17(14-10-6-2,15-11-7-3)16-12-8-4/h13-17H,5-12H2,1-4H3. The summed E-state index contributed by atoms with van der Waals surface area (Å²) in [5, 5.41) is 14.8. The average molecular weight is 264 g/mol. The second-order valence-corrected chi connectivity index (χ2v) is 7.37.